The molecule has 0 radical (unpaired) electrons. The minimum Gasteiger partial charge on any atom is -0.377 e. The molecule has 96 valence electrons. The Morgan fingerprint density at radius 1 is 1.50 bits per heavy atom. The van der Waals surface area contributed by atoms with Gasteiger partial charge in [0.1, 0.15) is 12.0 Å². The molecule has 0 N–H and O–H groups in total. The van der Waals surface area contributed by atoms with E-state index in [9.17, 15) is 14.9 Å². The first-order valence-corrected chi connectivity index (χ1v) is 5.76. The van der Waals surface area contributed by atoms with Crippen LogP contribution in [0, 0.1) is 16.0 Å². The van der Waals surface area contributed by atoms with E-state index in [1.54, 1.807) is 6.92 Å². The van der Waals surface area contributed by atoms with Crippen LogP contribution in [0.5, 0.6) is 0 Å². The summed E-state index contributed by atoms with van der Waals surface area (Å²) in [6.07, 6.45) is 2.48. The third-order valence-electron chi connectivity index (χ3n) is 3.43. The third-order valence-corrected chi connectivity index (χ3v) is 3.43. The van der Waals surface area contributed by atoms with Crippen LogP contribution in [0.15, 0.2) is 18.5 Å². The van der Waals surface area contributed by atoms with Gasteiger partial charge in [-0.1, -0.05) is 6.92 Å². The molecule has 6 nitrogen and oxygen atoms in total. The molecule has 6 heteroatoms. The Bertz CT molecular complexity index is 489. The van der Waals surface area contributed by atoms with Crippen molar-refractivity contribution in [2.75, 3.05) is 6.61 Å². The summed E-state index contributed by atoms with van der Waals surface area (Å²) in [5.74, 6) is -0.834. The van der Waals surface area contributed by atoms with Crippen LogP contribution in [0.3, 0.4) is 0 Å². The first-order valence-electron chi connectivity index (χ1n) is 5.76. The molecule has 1 fully saturated rings. The van der Waals surface area contributed by atoms with Crippen LogP contribution in [-0.4, -0.2) is 28.4 Å². The first kappa shape index (κ1) is 12.6. The molecule has 1 aliphatic heterocycles. The molecule has 3 unspecified atom stereocenters. The highest BCUT2D eigenvalue weighted by atomic mass is 16.6. The predicted molar refractivity (Wildman–Crippen MR) is 63.2 cm³/mol. The highest BCUT2D eigenvalue weighted by Gasteiger charge is 2.37. The van der Waals surface area contributed by atoms with E-state index in [0.717, 1.165) is 0 Å². The van der Waals surface area contributed by atoms with E-state index in [2.05, 4.69) is 4.98 Å². The van der Waals surface area contributed by atoms with Gasteiger partial charge in [0.05, 0.1) is 23.6 Å². The van der Waals surface area contributed by atoms with Gasteiger partial charge in [0.2, 0.25) is 0 Å². The normalized spacial score (nSPS) is 28.1. The highest BCUT2D eigenvalue weighted by molar-refractivity contribution is 5.89. The van der Waals surface area contributed by atoms with Crippen molar-refractivity contribution in [2.45, 2.75) is 25.9 Å². The van der Waals surface area contributed by atoms with Crippen LogP contribution in [-0.2, 0) is 9.53 Å². The lowest BCUT2D eigenvalue weighted by Gasteiger charge is -2.30. The summed E-state index contributed by atoms with van der Waals surface area (Å²) in [7, 11) is 0. The number of carbonyl (C=O) groups is 1. The van der Waals surface area contributed by atoms with E-state index in [1.807, 2.05) is 6.92 Å². The average molecular weight is 250 g/mol. The lowest BCUT2D eigenvalue weighted by Crippen LogP contribution is -2.38. The van der Waals surface area contributed by atoms with Gasteiger partial charge < -0.3 is 4.74 Å². The van der Waals surface area contributed by atoms with Gasteiger partial charge in [-0.05, 0) is 13.0 Å². The quantitative estimate of drug-likeness (QED) is 0.589. The Balaban J connectivity index is 2.38. The van der Waals surface area contributed by atoms with Crippen LogP contribution in [0.1, 0.15) is 25.3 Å². The number of aromatic nitrogens is 1. The number of pyridine rings is 1. The number of carbonyl (C=O) groups excluding carboxylic acids is 1. The Labute approximate surface area is 104 Å². The Morgan fingerprint density at radius 3 is 2.89 bits per heavy atom. The molecule has 0 aromatic carbocycles. The molecule has 0 amide bonds. The number of ether oxygens (including phenoxy) is 1. The van der Waals surface area contributed by atoms with Crippen molar-refractivity contribution in [2.24, 2.45) is 5.92 Å². The van der Waals surface area contributed by atoms with Crippen molar-refractivity contribution < 1.29 is 14.5 Å². The maximum atomic E-state index is 12.2. The summed E-state index contributed by atoms with van der Waals surface area (Å²) >= 11 is 0. The molecule has 2 heterocycles. The lowest BCUT2D eigenvalue weighted by atomic mass is 9.84. The van der Waals surface area contributed by atoms with Crippen LogP contribution in [0.2, 0.25) is 0 Å². The number of hydrogen-bond acceptors (Lipinski definition) is 5. The van der Waals surface area contributed by atoms with Crippen molar-refractivity contribution in [3.63, 3.8) is 0 Å². The van der Waals surface area contributed by atoms with E-state index in [-0.39, 0.29) is 30.1 Å². The molecular formula is C12H14N2O4. The van der Waals surface area contributed by atoms with E-state index in [1.165, 1.54) is 18.5 Å². The largest absolute Gasteiger partial charge is 0.377 e. The summed E-state index contributed by atoms with van der Waals surface area (Å²) < 4.78 is 5.50. The average Bonchev–Trinajstić information content (AvgIpc) is 2.36. The molecule has 1 aromatic rings. The number of rotatable bonds is 2. The second-order valence-corrected chi connectivity index (χ2v) is 4.47. The smallest absolute Gasteiger partial charge is 0.291 e. The lowest BCUT2D eigenvalue weighted by molar-refractivity contribution is -0.386. The zero-order chi connectivity index (χ0) is 13.3. The molecule has 0 bridgehead atoms. The van der Waals surface area contributed by atoms with Gasteiger partial charge >= 0.3 is 0 Å². The zero-order valence-electron chi connectivity index (χ0n) is 10.2. The second-order valence-electron chi connectivity index (χ2n) is 4.47. The van der Waals surface area contributed by atoms with E-state index in [0.29, 0.717) is 5.56 Å². The van der Waals surface area contributed by atoms with Crippen molar-refractivity contribution in [1.29, 1.82) is 0 Å². The molecule has 0 aliphatic carbocycles. The summed E-state index contributed by atoms with van der Waals surface area (Å²) in [6, 6.07) is 1.52. The van der Waals surface area contributed by atoms with Crippen LogP contribution < -0.4 is 0 Å². The van der Waals surface area contributed by atoms with Gasteiger partial charge in [0.25, 0.3) is 5.69 Å². The molecule has 1 aromatic heterocycles. The van der Waals surface area contributed by atoms with Gasteiger partial charge in [0.15, 0.2) is 0 Å². The number of nitrogens with zero attached hydrogens (tertiary/aromatic N) is 2. The third kappa shape index (κ3) is 2.11. The van der Waals surface area contributed by atoms with Crippen LogP contribution in [0.4, 0.5) is 5.69 Å². The van der Waals surface area contributed by atoms with Crippen LogP contribution >= 0.6 is 0 Å². The Morgan fingerprint density at radius 2 is 2.22 bits per heavy atom. The predicted octanol–water partition coefficient (Wildman–Crippen LogP) is 1.70. The monoisotopic (exact) mass is 250 g/mol. The van der Waals surface area contributed by atoms with E-state index in [4.69, 9.17) is 4.74 Å². The van der Waals surface area contributed by atoms with Crippen molar-refractivity contribution in [3.8, 4) is 0 Å². The number of Topliss-reactive ketones (excluding diaryl/α,β-unsaturated/α-hetero) is 1. The summed E-state index contributed by atoms with van der Waals surface area (Å²) in [5.41, 5.74) is 0.264. The molecule has 2 rings (SSSR count). The number of hydrogen-bond donors (Lipinski definition) is 0. The first-order chi connectivity index (χ1) is 8.52. The van der Waals surface area contributed by atoms with Gasteiger partial charge in [-0.15, -0.1) is 0 Å². The van der Waals surface area contributed by atoms with Gasteiger partial charge in [-0.3, -0.25) is 19.9 Å². The SMILES string of the molecule is CC1OCC(c2ccncc2[N+](=O)[O-])C(=O)C1C. The fourth-order valence-corrected chi connectivity index (χ4v) is 2.11. The van der Waals surface area contributed by atoms with Crippen molar-refractivity contribution >= 4 is 11.5 Å². The van der Waals surface area contributed by atoms with Gasteiger partial charge in [-0.25, -0.2) is 0 Å². The summed E-state index contributed by atoms with van der Waals surface area (Å²) in [6.45, 7) is 3.81. The summed E-state index contributed by atoms with van der Waals surface area (Å²) in [4.78, 5) is 26.3. The summed E-state index contributed by atoms with van der Waals surface area (Å²) in [5, 5.41) is 10.9. The standard InChI is InChI=1S/C12H14N2O4/c1-7-8(2)18-6-10(12(7)15)9-3-4-13-5-11(9)14(16)17/h3-5,7-8,10H,6H2,1-2H3. The molecule has 1 aliphatic rings. The zero-order valence-corrected chi connectivity index (χ0v) is 10.2. The molecule has 3 atom stereocenters. The molecule has 0 saturated carbocycles. The topological polar surface area (TPSA) is 82.3 Å². The van der Waals surface area contributed by atoms with Crippen molar-refractivity contribution in [3.05, 3.63) is 34.1 Å². The Kier molecular flexibility index (Phi) is 3.38. The van der Waals surface area contributed by atoms with Gasteiger partial charge in [0, 0.05) is 17.7 Å². The van der Waals surface area contributed by atoms with E-state index >= 15 is 0 Å². The van der Waals surface area contributed by atoms with Crippen molar-refractivity contribution in [1.82, 2.24) is 4.98 Å². The maximum absolute atomic E-state index is 12.2. The fourth-order valence-electron chi connectivity index (χ4n) is 2.11. The highest BCUT2D eigenvalue weighted by Crippen LogP contribution is 2.33. The van der Waals surface area contributed by atoms with E-state index < -0.39 is 10.8 Å². The minimum absolute atomic E-state index is 0.0111. The second kappa shape index (κ2) is 4.81. The van der Waals surface area contributed by atoms with Crippen LogP contribution in [0.25, 0.3) is 0 Å². The minimum atomic E-state index is -0.570. The molecular weight excluding hydrogens is 236 g/mol. The molecule has 1 saturated heterocycles. The van der Waals surface area contributed by atoms with Gasteiger partial charge in [-0.2, -0.15) is 0 Å². The number of nitro groups is 1. The molecule has 18 heavy (non-hydrogen) atoms. The number of ketones is 1. The molecule has 0 spiro atoms. The Hall–Kier alpha value is -1.82. The maximum Gasteiger partial charge on any atom is 0.291 e. The fraction of sp³-hybridized carbons (Fsp3) is 0.500.